The van der Waals surface area contributed by atoms with Crippen LogP contribution in [0.4, 0.5) is 5.69 Å². The minimum atomic E-state index is 0.0723. The Morgan fingerprint density at radius 3 is 2.79 bits per heavy atom. The number of carbonyl (C=O) groups is 1. The number of nitrogens with zero attached hydrogens (tertiary/aromatic N) is 3. The predicted octanol–water partition coefficient (Wildman–Crippen LogP) is 2.15. The van der Waals surface area contributed by atoms with Crippen molar-refractivity contribution in [1.29, 1.82) is 0 Å². The molecule has 3 rings (SSSR count). The monoisotopic (exact) mass is 278 g/mol. The van der Waals surface area contributed by atoms with Gasteiger partial charge in [0.15, 0.2) is 0 Å². The maximum atomic E-state index is 12.6. The molecule has 6 heteroatoms. The minimum absolute atomic E-state index is 0.0723. The van der Waals surface area contributed by atoms with E-state index in [2.05, 4.69) is 5.10 Å². The minimum Gasteiger partial charge on any atom is -0.397 e. The van der Waals surface area contributed by atoms with Gasteiger partial charge in [0, 0.05) is 19.6 Å². The SMILES string of the molecule is CCN(C(=O)c1sc2c(c(C)nn2C)c1N)C1CC1. The molecule has 2 heterocycles. The van der Waals surface area contributed by atoms with E-state index < -0.39 is 0 Å². The predicted molar refractivity (Wildman–Crippen MR) is 77.5 cm³/mol. The smallest absolute Gasteiger partial charge is 0.266 e. The van der Waals surface area contributed by atoms with Crippen molar-refractivity contribution in [3.63, 3.8) is 0 Å². The first-order valence-electron chi connectivity index (χ1n) is 6.57. The molecule has 2 aromatic heterocycles. The quantitative estimate of drug-likeness (QED) is 0.935. The molecular weight excluding hydrogens is 260 g/mol. The summed E-state index contributed by atoms with van der Waals surface area (Å²) >= 11 is 1.45. The molecule has 0 spiro atoms. The third kappa shape index (κ3) is 1.82. The van der Waals surface area contributed by atoms with Crippen LogP contribution in [-0.4, -0.2) is 33.2 Å². The number of hydrogen-bond acceptors (Lipinski definition) is 4. The van der Waals surface area contributed by atoms with Crippen molar-refractivity contribution in [3.8, 4) is 0 Å². The van der Waals surface area contributed by atoms with Gasteiger partial charge >= 0.3 is 0 Å². The molecule has 0 aliphatic heterocycles. The number of aromatic nitrogens is 2. The lowest BCUT2D eigenvalue weighted by Crippen LogP contribution is -2.32. The Hall–Kier alpha value is -1.56. The summed E-state index contributed by atoms with van der Waals surface area (Å²) in [4.78, 5) is 16.2. The molecule has 0 unspecified atom stereocenters. The Labute approximate surface area is 116 Å². The molecule has 1 aliphatic carbocycles. The molecule has 0 radical (unpaired) electrons. The number of nitrogen functional groups attached to an aromatic ring is 1. The Kier molecular flexibility index (Phi) is 2.78. The normalized spacial score (nSPS) is 15.1. The second-order valence-corrected chi connectivity index (χ2v) is 6.06. The van der Waals surface area contributed by atoms with E-state index in [0.29, 0.717) is 16.6 Å². The topological polar surface area (TPSA) is 64.2 Å². The van der Waals surface area contributed by atoms with Crippen molar-refractivity contribution in [3.05, 3.63) is 10.6 Å². The van der Waals surface area contributed by atoms with Gasteiger partial charge in [-0.25, -0.2) is 0 Å². The van der Waals surface area contributed by atoms with E-state index in [4.69, 9.17) is 5.73 Å². The van der Waals surface area contributed by atoms with Crippen LogP contribution in [0.25, 0.3) is 10.2 Å². The van der Waals surface area contributed by atoms with Crippen molar-refractivity contribution in [1.82, 2.24) is 14.7 Å². The van der Waals surface area contributed by atoms with E-state index in [1.807, 2.05) is 25.8 Å². The lowest BCUT2D eigenvalue weighted by atomic mass is 10.2. The standard InChI is InChI=1S/C13H18N4OS/c1-4-17(8-5-6-8)12(18)11-10(14)9-7(2)15-16(3)13(9)19-11/h8H,4-6,14H2,1-3H3. The number of aryl methyl sites for hydroxylation is 2. The number of nitrogens with two attached hydrogens (primary N) is 1. The summed E-state index contributed by atoms with van der Waals surface area (Å²) in [6, 6.07) is 0.418. The molecule has 102 valence electrons. The van der Waals surface area contributed by atoms with E-state index in [9.17, 15) is 4.79 Å². The first-order chi connectivity index (χ1) is 9.04. The molecule has 0 aromatic carbocycles. The summed E-state index contributed by atoms with van der Waals surface area (Å²) in [5.41, 5.74) is 7.66. The summed E-state index contributed by atoms with van der Waals surface area (Å²) in [6.07, 6.45) is 2.23. The molecule has 0 saturated heterocycles. The number of fused-ring (bicyclic) bond motifs is 1. The van der Waals surface area contributed by atoms with Crippen LogP contribution in [0, 0.1) is 6.92 Å². The van der Waals surface area contributed by atoms with Crippen LogP contribution in [0.3, 0.4) is 0 Å². The summed E-state index contributed by atoms with van der Waals surface area (Å²) in [6.45, 7) is 4.69. The van der Waals surface area contributed by atoms with Crippen molar-refractivity contribution < 1.29 is 4.79 Å². The molecule has 2 aromatic rings. The van der Waals surface area contributed by atoms with Crippen LogP contribution in [0.1, 0.15) is 35.1 Å². The van der Waals surface area contributed by atoms with Crippen LogP contribution in [0.15, 0.2) is 0 Å². The molecule has 0 atom stereocenters. The van der Waals surface area contributed by atoms with E-state index in [0.717, 1.165) is 35.3 Å². The Bertz CT molecular complexity index is 653. The molecular formula is C13H18N4OS. The lowest BCUT2D eigenvalue weighted by Gasteiger charge is -2.19. The van der Waals surface area contributed by atoms with Gasteiger partial charge in [-0.1, -0.05) is 0 Å². The summed E-state index contributed by atoms with van der Waals surface area (Å²) in [5.74, 6) is 0.0723. The molecule has 5 nitrogen and oxygen atoms in total. The average Bonchev–Trinajstić information content (AvgIpc) is 3.06. The van der Waals surface area contributed by atoms with E-state index >= 15 is 0 Å². The molecule has 1 amide bonds. The average molecular weight is 278 g/mol. The van der Waals surface area contributed by atoms with Gasteiger partial charge in [-0.3, -0.25) is 9.48 Å². The fraction of sp³-hybridized carbons (Fsp3) is 0.538. The second-order valence-electron chi connectivity index (χ2n) is 5.06. The number of thiophene rings is 1. The third-order valence-corrected chi connectivity index (χ3v) is 4.93. The highest BCUT2D eigenvalue weighted by molar-refractivity contribution is 7.21. The number of hydrogen-bond donors (Lipinski definition) is 1. The van der Waals surface area contributed by atoms with Crippen LogP contribution in [0.5, 0.6) is 0 Å². The number of anilines is 1. The van der Waals surface area contributed by atoms with E-state index in [1.54, 1.807) is 4.68 Å². The summed E-state index contributed by atoms with van der Waals surface area (Å²) < 4.78 is 1.80. The van der Waals surface area contributed by atoms with Crippen molar-refractivity contribution >= 4 is 33.1 Å². The summed E-state index contributed by atoms with van der Waals surface area (Å²) in [7, 11) is 1.89. The first kappa shape index (κ1) is 12.5. The Balaban J connectivity index is 2.07. The third-order valence-electron chi connectivity index (χ3n) is 3.67. The molecule has 0 bridgehead atoms. The zero-order valence-electron chi connectivity index (χ0n) is 11.4. The molecule has 1 fully saturated rings. The van der Waals surface area contributed by atoms with Gasteiger partial charge in [0.25, 0.3) is 5.91 Å². The number of amides is 1. The fourth-order valence-corrected chi connectivity index (χ4v) is 3.72. The second kappa shape index (κ2) is 4.23. The fourth-order valence-electron chi connectivity index (χ4n) is 2.57. The van der Waals surface area contributed by atoms with Gasteiger partial charge in [0.1, 0.15) is 9.71 Å². The molecule has 2 N–H and O–H groups in total. The van der Waals surface area contributed by atoms with Gasteiger partial charge < -0.3 is 10.6 Å². The van der Waals surface area contributed by atoms with Crippen LogP contribution >= 0.6 is 11.3 Å². The van der Waals surface area contributed by atoms with Gasteiger partial charge in [-0.2, -0.15) is 5.10 Å². The Morgan fingerprint density at radius 1 is 1.58 bits per heavy atom. The highest BCUT2D eigenvalue weighted by atomic mass is 32.1. The first-order valence-corrected chi connectivity index (χ1v) is 7.38. The summed E-state index contributed by atoms with van der Waals surface area (Å²) in [5, 5.41) is 5.28. The van der Waals surface area contributed by atoms with Gasteiger partial charge in [0.2, 0.25) is 0 Å². The van der Waals surface area contributed by atoms with Crippen LogP contribution < -0.4 is 5.73 Å². The van der Waals surface area contributed by atoms with Crippen molar-refractivity contribution in [2.75, 3.05) is 12.3 Å². The van der Waals surface area contributed by atoms with Crippen LogP contribution in [0.2, 0.25) is 0 Å². The van der Waals surface area contributed by atoms with Crippen LogP contribution in [-0.2, 0) is 7.05 Å². The van der Waals surface area contributed by atoms with E-state index in [1.165, 1.54) is 11.3 Å². The molecule has 1 saturated carbocycles. The zero-order chi connectivity index (χ0) is 13.7. The van der Waals surface area contributed by atoms with E-state index in [-0.39, 0.29) is 5.91 Å². The highest BCUT2D eigenvalue weighted by Gasteiger charge is 2.34. The van der Waals surface area contributed by atoms with Gasteiger partial charge in [-0.05, 0) is 26.7 Å². The highest BCUT2D eigenvalue weighted by Crippen LogP contribution is 2.38. The van der Waals surface area contributed by atoms with Gasteiger partial charge in [-0.15, -0.1) is 11.3 Å². The maximum Gasteiger partial charge on any atom is 0.266 e. The Morgan fingerprint density at radius 2 is 2.26 bits per heavy atom. The van der Waals surface area contributed by atoms with Crippen molar-refractivity contribution in [2.24, 2.45) is 7.05 Å². The molecule has 19 heavy (non-hydrogen) atoms. The largest absolute Gasteiger partial charge is 0.397 e. The van der Waals surface area contributed by atoms with Gasteiger partial charge in [0.05, 0.1) is 16.8 Å². The number of carbonyl (C=O) groups excluding carboxylic acids is 1. The lowest BCUT2D eigenvalue weighted by molar-refractivity contribution is 0.0758. The zero-order valence-corrected chi connectivity index (χ0v) is 12.3. The molecule has 1 aliphatic rings. The maximum absolute atomic E-state index is 12.6. The van der Waals surface area contributed by atoms with Crippen molar-refractivity contribution in [2.45, 2.75) is 32.7 Å². The number of rotatable bonds is 3.